The van der Waals surface area contributed by atoms with Crippen LogP contribution in [0.1, 0.15) is 81.6 Å². The third-order valence-electron chi connectivity index (χ3n) is 6.06. The van der Waals surface area contributed by atoms with Gasteiger partial charge in [0.05, 0.1) is 31.0 Å². The summed E-state index contributed by atoms with van der Waals surface area (Å²) in [6, 6.07) is -3.15. The molecule has 1 rings (SSSR count). The van der Waals surface area contributed by atoms with Gasteiger partial charge in [-0.1, -0.05) is 40.7 Å². The lowest BCUT2D eigenvalue weighted by Crippen LogP contribution is -2.59. The summed E-state index contributed by atoms with van der Waals surface area (Å²) in [6.45, 7) is 20.4. The van der Waals surface area contributed by atoms with Crippen LogP contribution in [0.2, 0.25) is 0 Å². The standard InChI is InChI=1S/C29H49N3O8/c1-11-13-14-20(22(33)26(36)38-12-2)30-24(34)21-15-19(40-29(8,9)10)16-32(21)25(35)23(28(5,6)7)31-27(37)39-17-18(3)4/h11,18-21,23H,1,12-17H2,2-10H3,(H,30,34)(H,31,37)/t19-,20?,21+,23-/m1/s1. The average Bonchev–Trinajstić information content (AvgIpc) is 3.24. The van der Waals surface area contributed by atoms with E-state index in [1.54, 1.807) is 33.8 Å². The maximum Gasteiger partial charge on any atom is 0.407 e. The Balaban J connectivity index is 3.30. The van der Waals surface area contributed by atoms with E-state index in [-0.39, 0.29) is 38.5 Å². The molecule has 1 heterocycles. The molecule has 0 aliphatic carbocycles. The minimum absolute atomic E-state index is 0.0181. The van der Waals surface area contributed by atoms with E-state index < -0.39 is 64.9 Å². The molecule has 11 nitrogen and oxygen atoms in total. The van der Waals surface area contributed by atoms with Crippen LogP contribution in [0.3, 0.4) is 0 Å². The first-order valence-electron chi connectivity index (χ1n) is 13.9. The van der Waals surface area contributed by atoms with Crippen LogP contribution in [-0.2, 0) is 33.4 Å². The molecule has 1 fully saturated rings. The number of ketones is 1. The summed E-state index contributed by atoms with van der Waals surface area (Å²) in [5.41, 5.74) is -1.26. The second-order valence-electron chi connectivity index (χ2n) is 12.5. The topological polar surface area (TPSA) is 140 Å². The van der Waals surface area contributed by atoms with Crippen molar-refractivity contribution in [3.05, 3.63) is 12.7 Å². The lowest BCUT2D eigenvalue weighted by Gasteiger charge is -2.35. The molecule has 11 heteroatoms. The zero-order chi connectivity index (χ0) is 30.8. The number of carbonyl (C=O) groups is 5. The first-order valence-corrected chi connectivity index (χ1v) is 13.9. The van der Waals surface area contributed by atoms with Gasteiger partial charge in [0.2, 0.25) is 11.8 Å². The van der Waals surface area contributed by atoms with Crippen LogP contribution in [0.4, 0.5) is 4.79 Å². The van der Waals surface area contributed by atoms with Gasteiger partial charge in [0.25, 0.3) is 5.78 Å². The van der Waals surface area contributed by atoms with E-state index in [0.717, 1.165) is 0 Å². The zero-order valence-corrected chi connectivity index (χ0v) is 25.6. The van der Waals surface area contributed by atoms with Crippen molar-refractivity contribution in [2.45, 2.75) is 111 Å². The van der Waals surface area contributed by atoms with Gasteiger partial charge in [-0.15, -0.1) is 6.58 Å². The fourth-order valence-corrected chi connectivity index (χ4v) is 4.26. The molecule has 1 saturated heterocycles. The summed E-state index contributed by atoms with van der Waals surface area (Å²) in [4.78, 5) is 66.3. The Kier molecular flexibility index (Phi) is 13.3. The Morgan fingerprint density at radius 1 is 1.02 bits per heavy atom. The van der Waals surface area contributed by atoms with Gasteiger partial charge in [-0.2, -0.15) is 0 Å². The summed E-state index contributed by atoms with van der Waals surface area (Å²) < 4.78 is 16.2. The predicted octanol–water partition coefficient (Wildman–Crippen LogP) is 3.15. The fraction of sp³-hybridized carbons (Fsp3) is 0.759. The third-order valence-corrected chi connectivity index (χ3v) is 6.06. The van der Waals surface area contributed by atoms with Crippen LogP contribution in [0.15, 0.2) is 12.7 Å². The predicted molar refractivity (Wildman–Crippen MR) is 150 cm³/mol. The quantitative estimate of drug-likeness (QED) is 0.197. The highest BCUT2D eigenvalue weighted by Gasteiger charge is 2.46. The SMILES string of the molecule is C=CCCC(NC(=O)[C@@H]1C[C@@H](OC(C)(C)C)CN1C(=O)[C@@H](NC(=O)OCC(C)C)C(C)(C)C)C(=O)C(=O)OCC. The largest absolute Gasteiger partial charge is 0.460 e. The summed E-state index contributed by atoms with van der Waals surface area (Å²) >= 11 is 0. The summed E-state index contributed by atoms with van der Waals surface area (Å²) in [6.07, 6.45) is 1.06. The Bertz CT molecular complexity index is 919. The van der Waals surface area contributed by atoms with Crippen molar-refractivity contribution in [1.29, 1.82) is 0 Å². The first kappa shape index (κ1) is 35.1. The molecule has 1 aliphatic heterocycles. The molecule has 2 N–H and O–H groups in total. The molecule has 0 radical (unpaired) electrons. The number of hydrogen-bond acceptors (Lipinski definition) is 8. The number of likely N-dealkylation sites (tertiary alicyclic amines) is 1. The maximum absolute atomic E-state index is 13.9. The van der Waals surface area contributed by atoms with Crippen LogP contribution in [0, 0.1) is 11.3 Å². The van der Waals surface area contributed by atoms with E-state index in [1.807, 2.05) is 34.6 Å². The van der Waals surface area contributed by atoms with Gasteiger partial charge in [-0.25, -0.2) is 9.59 Å². The van der Waals surface area contributed by atoms with Gasteiger partial charge >= 0.3 is 12.1 Å². The Morgan fingerprint density at radius 2 is 1.65 bits per heavy atom. The molecule has 0 bridgehead atoms. The molecule has 1 unspecified atom stereocenters. The first-order chi connectivity index (χ1) is 18.4. The van der Waals surface area contributed by atoms with Crippen molar-refractivity contribution in [2.75, 3.05) is 19.8 Å². The van der Waals surface area contributed by atoms with E-state index in [1.165, 1.54) is 4.90 Å². The normalized spacial score (nSPS) is 19.0. The number of rotatable bonds is 13. The minimum Gasteiger partial charge on any atom is -0.460 e. The number of carbonyl (C=O) groups excluding carboxylic acids is 5. The van der Waals surface area contributed by atoms with E-state index in [2.05, 4.69) is 17.2 Å². The Labute approximate surface area is 238 Å². The van der Waals surface area contributed by atoms with Crippen LogP contribution >= 0.6 is 0 Å². The van der Waals surface area contributed by atoms with Crippen molar-refractivity contribution in [3.8, 4) is 0 Å². The lowest BCUT2D eigenvalue weighted by atomic mass is 9.85. The number of allylic oxidation sites excluding steroid dienone is 1. The number of esters is 1. The molecule has 0 aromatic carbocycles. The third kappa shape index (κ3) is 11.3. The van der Waals surface area contributed by atoms with Gasteiger partial charge in [0.1, 0.15) is 12.1 Å². The Hall–Kier alpha value is -2.95. The molecule has 3 amide bonds. The average molecular weight is 568 g/mol. The number of alkyl carbamates (subject to hydrolysis) is 1. The van der Waals surface area contributed by atoms with Crippen LogP contribution in [-0.4, -0.2) is 84.1 Å². The van der Waals surface area contributed by atoms with Crippen molar-refractivity contribution in [3.63, 3.8) is 0 Å². The number of hydrogen-bond donors (Lipinski definition) is 2. The maximum atomic E-state index is 13.9. The zero-order valence-electron chi connectivity index (χ0n) is 25.6. The molecule has 1 aliphatic rings. The van der Waals surface area contributed by atoms with Gasteiger partial charge in [0.15, 0.2) is 0 Å². The van der Waals surface area contributed by atoms with Gasteiger partial charge < -0.3 is 29.7 Å². The molecule has 0 saturated carbocycles. The molecule has 4 atom stereocenters. The van der Waals surface area contributed by atoms with Gasteiger partial charge in [-0.05, 0) is 51.9 Å². The van der Waals surface area contributed by atoms with E-state index in [0.29, 0.717) is 6.42 Å². The molecule has 40 heavy (non-hydrogen) atoms. The summed E-state index contributed by atoms with van der Waals surface area (Å²) in [7, 11) is 0. The van der Waals surface area contributed by atoms with Crippen LogP contribution in [0.5, 0.6) is 0 Å². The highest BCUT2D eigenvalue weighted by atomic mass is 16.5. The number of ether oxygens (including phenoxy) is 3. The smallest absolute Gasteiger partial charge is 0.407 e. The number of nitrogens with zero attached hydrogens (tertiary/aromatic N) is 1. The minimum atomic E-state index is -1.15. The van der Waals surface area contributed by atoms with E-state index in [9.17, 15) is 24.0 Å². The second-order valence-corrected chi connectivity index (χ2v) is 12.5. The summed E-state index contributed by atoms with van der Waals surface area (Å²) in [5, 5.41) is 5.33. The molecule has 0 aromatic heterocycles. The molecular weight excluding hydrogens is 518 g/mol. The molecule has 228 valence electrons. The second kappa shape index (κ2) is 15.2. The van der Waals surface area contributed by atoms with E-state index >= 15 is 0 Å². The number of amides is 3. The van der Waals surface area contributed by atoms with Crippen molar-refractivity contribution in [2.24, 2.45) is 11.3 Å². The fourth-order valence-electron chi connectivity index (χ4n) is 4.26. The molecule has 0 spiro atoms. The van der Waals surface area contributed by atoms with E-state index in [4.69, 9.17) is 14.2 Å². The lowest BCUT2D eigenvalue weighted by molar-refractivity contribution is -0.155. The van der Waals surface area contributed by atoms with Crippen LogP contribution in [0.25, 0.3) is 0 Å². The van der Waals surface area contributed by atoms with Crippen molar-refractivity contribution in [1.82, 2.24) is 15.5 Å². The van der Waals surface area contributed by atoms with Gasteiger partial charge in [0, 0.05) is 13.0 Å². The highest BCUT2D eigenvalue weighted by molar-refractivity contribution is 6.36. The number of nitrogens with one attached hydrogen (secondary N) is 2. The Morgan fingerprint density at radius 3 is 2.15 bits per heavy atom. The van der Waals surface area contributed by atoms with Gasteiger partial charge in [-0.3, -0.25) is 14.4 Å². The van der Waals surface area contributed by atoms with Crippen molar-refractivity contribution < 1.29 is 38.2 Å². The molecular formula is C29H49N3O8. The highest BCUT2D eigenvalue weighted by Crippen LogP contribution is 2.29. The molecule has 0 aromatic rings. The summed E-state index contributed by atoms with van der Waals surface area (Å²) in [5.74, 6) is -2.88. The van der Waals surface area contributed by atoms with Crippen LogP contribution < -0.4 is 10.6 Å². The number of Topliss-reactive ketones (excluding diaryl/α,β-unsaturated/α-hetero) is 1. The monoisotopic (exact) mass is 567 g/mol. The van der Waals surface area contributed by atoms with Crippen molar-refractivity contribution >= 4 is 29.7 Å².